The van der Waals surface area contributed by atoms with Gasteiger partial charge in [-0.1, -0.05) is 27.7 Å². The second-order valence-electron chi connectivity index (χ2n) is 4.07. The van der Waals surface area contributed by atoms with E-state index in [4.69, 9.17) is 4.74 Å². The van der Waals surface area contributed by atoms with Crippen LogP contribution in [-0.2, 0) is 4.74 Å². The molecule has 0 saturated carbocycles. The molecule has 1 saturated heterocycles. The minimum absolute atomic E-state index is 0.686. The van der Waals surface area contributed by atoms with Gasteiger partial charge in [0.2, 0.25) is 0 Å². The van der Waals surface area contributed by atoms with E-state index in [2.05, 4.69) is 24.9 Å². The van der Waals surface area contributed by atoms with Crippen molar-refractivity contribution >= 4 is 0 Å². The highest BCUT2D eigenvalue weighted by atomic mass is 16.5. The zero-order valence-electron chi connectivity index (χ0n) is 12.9. The van der Waals surface area contributed by atoms with Gasteiger partial charge in [-0.05, 0) is 49.8 Å². The Bertz CT molecular complexity index is 317. The zero-order chi connectivity index (χ0) is 14.0. The summed E-state index contributed by atoms with van der Waals surface area (Å²) in [7, 11) is 0. The number of aryl methyl sites for hydroxylation is 2. The molecule has 0 unspecified atom stereocenters. The minimum atomic E-state index is 0.686. The first-order valence-corrected chi connectivity index (χ1v) is 7.28. The van der Waals surface area contributed by atoms with Crippen LogP contribution in [0, 0.1) is 13.8 Å². The Morgan fingerprint density at radius 3 is 2.17 bits per heavy atom. The summed E-state index contributed by atoms with van der Waals surface area (Å²) in [6.45, 7) is 14.0. The normalized spacial score (nSPS) is 15.0. The molecule has 18 heavy (non-hydrogen) atoms. The van der Waals surface area contributed by atoms with Crippen molar-refractivity contribution in [1.82, 2.24) is 4.98 Å². The van der Waals surface area contributed by atoms with Gasteiger partial charge in [-0.2, -0.15) is 0 Å². The molecule has 0 N–H and O–H groups in total. The molecule has 0 spiro atoms. The summed E-state index contributed by atoms with van der Waals surface area (Å²) in [5.74, 6) is 0.686. The summed E-state index contributed by atoms with van der Waals surface area (Å²) in [5, 5.41) is 0. The van der Waals surface area contributed by atoms with E-state index in [9.17, 15) is 0 Å². The second kappa shape index (κ2) is 10.1. The Morgan fingerprint density at radius 1 is 1.06 bits per heavy atom. The molecular weight excluding hydrogens is 222 g/mol. The molecule has 2 heteroatoms. The Morgan fingerprint density at radius 2 is 1.61 bits per heavy atom. The average molecular weight is 251 g/mol. The van der Waals surface area contributed by atoms with Crippen LogP contribution >= 0.6 is 0 Å². The van der Waals surface area contributed by atoms with Crippen molar-refractivity contribution in [2.24, 2.45) is 0 Å². The van der Waals surface area contributed by atoms with E-state index in [1.807, 2.05) is 33.9 Å². The van der Waals surface area contributed by atoms with Crippen molar-refractivity contribution < 1.29 is 4.74 Å². The van der Waals surface area contributed by atoms with Crippen molar-refractivity contribution in [3.05, 3.63) is 29.1 Å². The Kier molecular flexibility index (Phi) is 9.57. The van der Waals surface area contributed by atoms with Crippen LogP contribution in [0.3, 0.4) is 0 Å². The van der Waals surface area contributed by atoms with E-state index in [1.165, 1.54) is 11.1 Å². The molecule has 0 aromatic carbocycles. The number of ether oxygens (including phenoxy) is 1. The molecule has 0 bridgehead atoms. The van der Waals surface area contributed by atoms with Crippen molar-refractivity contribution in [3.8, 4) is 0 Å². The number of nitrogens with zero attached hydrogens (tertiary/aromatic N) is 1. The van der Waals surface area contributed by atoms with Gasteiger partial charge < -0.3 is 4.74 Å². The smallest absolute Gasteiger partial charge is 0.0471 e. The van der Waals surface area contributed by atoms with Crippen molar-refractivity contribution in [1.29, 1.82) is 0 Å². The van der Waals surface area contributed by atoms with Crippen LogP contribution in [0.4, 0.5) is 0 Å². The monoisotopic (exact) mass is 251 g/mol. The predicted molar refractivity (Wildman–Crippen MR) is 79.2 cm³/mol. The minimum Gasteiger partial charge on any atom is -0.381 e. The van der Waals surface area contributed by atoms with Gasteiger partial charge in [0.15, 0.2) is 0 Å². The summed E-state index contributed by atoms with van der Waals surface area (Å²) in [4.78, 5) is 4.30. The predicted octanol–water partition coefficient (Wildman–Crippen LogP) is 4.64. The van der Waals surface area contributed by atoms with Gasteiger partial charge >= 0.3 is 0 Å². The Balaban J connectivity index is 0.000000659. The van der Waals surface area contributed by atoms with E-state index in [0.717, 1.165) is 31.7 Å². The summed E-state index contributed by atoms with van der Waals surface area (Å²) >= 11 is 0. The summed E-state index contributed by atoms with van der Waals surface area (Å²) in [5.41, 5.74) is 3.92. The van der Waals surface area contributed by atoms with E-state index in [0.29, 0.717) is 5.92 Å². The van der Waals surface area contributed by atoms with Crippen LogP contribution in [0.15, 0.2) is 12.3 Å². The first kappa shape index (κ1) is 17.1. The standard InChI is InChI=1S/C12H17NO.2C2H6/c1-9-8-13-10(2)7-12(9)11-3-5-14-6-4-11;2*1-2/h7-8,11H,3-6H2,1-2H3;2*1-2H3. The molecule has 1 aliphatic rings. The van der Waals surface area contributed by atoms with Gasteiger partial charge in [0, 0.05) is 25.1 Å². The highest BCUT2D eigenvalue weighted by molar-refractivity contribution is 5.28. The van der Waals surface area contributed by atoms with E-state index >= 15 is 0 Å². The fourth-order valence-corrected chi connectivity index (χ4v) is 2.10. The maximum Gasteiger partial charge on any atom is 0.0471 e. The number of rotatable bonds is 1. The molecule has 104 valence electrons. The Labute approximate surface area is 113 Å². The number of hydrogen-bond acceptors (Lipinski definition) is 2. The molecule has 0 atom stereocenters. The number of pyridine rings is 1. The van der Waals surface area contributed by atoms with Crippen LogP contribution in [0.1, 0.15) is 63.3 Å². The molecule has 1 fully saturated rings. The van der Waals surface area contributed by atoms with Crippen LogP contribution in [0.25, 0.3) is 0 Å². The van der Waals surface area contributed by atoms with Gasteiger partial charge in [0.1, 0.15) is 0 Å². The zero-order valence-corrected chi connectivity index (χ0v) is 12.9. The molecule has 0 radical (unpaired) electrons. The van der Waals surface area contributed by atoms with Gasteiger partial charge in [-0.25, -0.2) is 0 Å². The SMILES string of the molecule is CC.CC.Cc1cc(C2CCOCC2)c(C)cn1. The summed E-state index contributed by atoms with van der Waals surface area (Å²) < 4.78 is 5.38. The van der Waals surface area contributed by atoms with Crippen LogP contribution < -0.4 is 0 Å². The fourth-order valence-electron chi connectivity index (χ4n) is 2.10. The lowest BCUT2D eigenvalue weighted by molar-refractivity contribution is 0.0852. The van der Waals surface area contributed by atoms with E-state index < -0.39 is 0 Å². The Hall–Kier alpha value is -0.890. The average Bonchev–Trinajstić information content (AvgIpc) is 2.47. The molecule has 1 aliphatic heterocycles. The van der Waals surface area contributed by atoms with Gasteiger partial charge in [-0.15, -0.1) is 0 Å². The quantitative estimate of drug-likeness (QED) is 0.725. The van der Waals surface area contributed by atoms with E-state index in [-0.39, 0.29) is 0 Å². The molecule has 2 heterocycles. The first-order valence-electron chi connectivity index (χ1n) is 7.28. The maximum absolute atomic E-state index is 5.38. The molecule has 2 rings (SSSR count). The maximum atomic E-state index is 5.38. The highest BCUT2D eigenvalue weighted by Gasteiger charge is 2.17. The van der Waals surface area contributed by atoms with Crippen LogP contribution in [0.2, 0.25) is 0 Å². The third kappa shape index (κ3) is 5.18. The first-order chi connectivity index (χ1) is 8.77. The number of hydrogen-bond donors (Lipinski definition) is 0. The van der Waals surface area contributed by atoms with Crippen molar-refractivity contribution in [3.63, 3.8) is 0 Å². The van der Waals surface area contributed by atoms with Crippen molar-refractivity contribution in [2.45, 2.75) is 60.3 Å². The fraction of sp³-hybridized carbons (Fsp3) is 0.688. The van der Waals surface area contributed by atoms with Crippen molar-refractivity contribution in [2.75, 3.05) is 13.2 Å². The third-order valence-corrected chi connectivity index (χ3v) is 2.94. The third-order valence-electron chi connectivity index (χ3n) is 2.94. The highest BCUT2D eigenvalue weighted by Crippen LogP contribution is 2.29. The lowest BCUT2D eigenvalue weighted by Crippen LogP contribution is -2.15. The second-order valence-corrected chi connectivity index (χ2v) is 4.07. The molecular formula is C16H29NO. The molecule has 0 amide bonds. The topological polar surface area (TPSA) is 22.1 Å². The lowest BCUT2D eigenvalue weighted by atomic mass is 9.89. The molecule has 0 aliphatic carbocycles. The summed E-state index contributed by atoms with van der Waals surface area (Å²) in [6, 6.07) is 2.23. The molecule has 2 nitrogen and oxygen atoms in total. The van der Waals surface area contributed by atoms with Crippen LogP contribution in [-0.4, -0.2) is 18.2 Å². The van der Waals surface area contributed by atoms with Gasteiger partial charge in [0.05, 0.1) is 0 Å². The lowest BCUT2D eigenvalue weighted by Gasteiger charge is -2.23. The van der Waals surface area contributed by atoms with Gasteiger partial charge in [0.25, 0.3) is 0 Å². The summed E-state index contributed by atoms with van der Waals surface area (Å²) in [6.07, 6.45) is 4.30. The van der Waals surface area contributed by atoms with E-state index in [1.54, 1.807) is 0 Å². The van der Waals surface area contributed by atoms with Gasteiger partial charge in [-0.3, -0.25) is 4.98 Å². The number of aromatic nitrogens is 1. The van der Waals surface area contributed by atoms with Crippen LogP contribution in [0.5, 0.6) is 0 Å². The molecule has 1 aromatic rings. The molecule has 1 aromatic heterocycles. The largest absolute Gasteiger partial charge is 0.381 e.